The molecule has 20 heavy (non-hydrogen) atoms. The van der Waals surface area contributed by atoms with Crippen molar-refractivity contribution in [2.24, 2.45) is 0 Å². The zero-order chi connectivity index (χ0) is 14.1. The van der Waals surface area contributed by atoms with Gasteiger partial charge in [-0.05, 0) is 42.1 Å². The van der Waals surface area contributed by atoms with Gasteiger partial charge < -0.3 is 9.72 Å². The van der Waals surface area contributed by atoms with E-state index >= 15 is 0 Å². The van der Waals surface area contributed by atoms with Crippen molar-refractivity contribution in [3.8, 4) is 11.5 Å². The fraction of sp³-hybridized carbons (Fsp3) is 0.0667. The number of aromatic amines is 1. The lowest BCUT2D eigenvalue weighted by Crippen LogP contribution is -1.91. The fourth-order valence-corrected chi connectivity index (χ4v) is 2.08. The first-order valence-corrected chi connectivity index (χ1v) is 6.13. The first-order valence-electron chi connectivity index (χ1n) is 6.13. The van der Waals surface area contributed by atoms with Gasteiger partial charge in [-0.2, -0.15) is 0 Å². The average Bonchev–Trinajstić information content (AvgIpc) is 2.88. The number of nitro benzene ring substituents is 1. The summed E-state index contributed by atoms with van der Waals surface area (Å²) >= 11 is 0. The van der Waals surface area contributed by atoms with E-state index in [1.54, 1.807) is 13.0 Å². The van der Waals surface area contributed by atoms with Gasteiger partial charge in [0.15, 0.2) is 0 Å². The van der Waals surface area contributed by atoms with E-state index in [1.807, 2.05) is 30.5 Å². The van der Waals surface area contributed by atoms with Crippen molar-refractivity contribution in [1.82, 2.24) is 4.98 Å². The highest BCUT2D eigenvalue weighted by Crippen LogP contribution is 2.29. The number of nitro groups is 1. The van der Waals surface area contributed by atoms with Crippen LogP contribution in [0.3, 0.4) is 0 Å². The summed E-state index contributed by atoms with van der Waals surface area (Å²) in [5, 5.41) is 11.8. The third-order valence-electron chi connectivity index (χ3n) is 3.12. The van der Waals surface area contributed by atoms with Crippen LogP contribution in [0.4, 0.5) is 5.69 Å². The summed E-state index contributed by atoms with van der Waals surface area (Å²) in [5.41, 5.74) is 1.78. The normalized spacial score (nSPS) is 10.7. The van der Waals surface area contributed by atoms with Gasteiger partial charge in [-0.15, -0.1) is 0 Å². The van der Waals surface area contributed by atoms with Gasteiger partial charge in [-0.25, -0.2) is 0 Å². The third-order valence-corrected chi connectivity index (χ3v) is 3.12. The fourth-order valence-electron chi connectivity index (χ4n) is 2.08. The number of benzene rings is 2. The second kappa shape index (κ2) is 4.70. The molecule has 1 N–H and O–H groups in total. The van der Waals surface area contributed by atoms with Crippen LogP contribution < -0.4 is 4.74 Å². The molecule has 0 aliphatic carbocycles. The molecule has 2 aromatic carbocycles. The number of hydrogen-bond acceptors (Lipinski definition) is 3. The molecule has 0 saturated carbocycles. The molecule has 5 heteroatoms. The molecule has 1 heterocycles. The van der Waals surface area contributed by atoms with E-state index in [-0.39, 0.29) is 5.69 Å². The van der Waals surface area contributed by atoms with Crippen LogP contribution in [-0.2, 0) is 0 Å². The van der Waals surface area contributed by atoms with E-state index in [4.69, 9.17) is 4.74 Å². The Morgan fingerprint density at radius 3 is 2.75 bits per heavy atom. The van der Waals surface area contributed by atoms with Crippen molar-refractivity contribution < 1.29 is 9.66 Å². The van der Waals surface area contributed by atoms with E-state index in [2.05, 4.69) is 4.98 Å². The Morgan fingerprint density at radius 2 is 2.00 bits per heavy atom. The van der Waals surface area contributed by atoms with Gasteiger partial charge in [0.1, 0.15) is 11.5 Å². The molecule has 0 atom stereocenters. The van der Waals surface area contributed by atoms with Gasteiger partial charge in [0.05, 0.1) is 4.92 Å². The molecule has 3 rings (SSSR count). The summed E-state index contributed by atoms with van der Waals surface area (Å²) in [4.78, 5) is 13.4. The molecule has 1 aromatic heterocycles. The van der Waals surface area contributed by atoms with Gasteiger partial charge in [0.2, 0.25) is 0 Å². The SMILES string of the molecule is Cc1cc([N+](=O)[O-])ccc1Oc1ccc2cc[nH]c2c1. The van der Waals surface area contributed by atoms with Crippen LogP contribution in [0, 0.1) is 17.0 Å². The van der Waals surface area contributed by atoms with Crippen LogP contribution in [0.2, 0.25) is 0 Å². The second-order valence-electron chi connectivity index (χ2n) is 4.54. The number of nitrogens with one attached hydrogen (secondary N) is 1. The third kappa shape index (κ3) is 2.21. The monoisotopic (exact) mass is 268 g/mol. The summed E-state index contributed by atoms with van der Waals surface area (Å²) in [6, 6.07) is 12.3. The molecule has 100 valence electrons. The molecule has 0 unspecified atom stereocenters. The molecule has 0 radical (unpaired) electrons. The van der Waals surface area contributed by atoms with Gasteiger partial charge in [0, 0.05) is 29.9 Å². The lowest BCUT2D eigenvalue weighted by Gasteiger charge is -2.08. The van der Waals surface area contributed by atoms with Crippen LogP contribution in [0.1, 0.15) is 5.56 Å². The lowest BCUT2D eigenvalue weighted by atomic mass is 10.2. The Bertz CT molecular complexity index is 793. The zero-order valence-electron chi connectivity index (χ0n) is 10.8. The van der Waals surface area contributed by atoms with E-state index in [0.29, 0.717) is 11.5 Å². The highest BCUT2D eigenvalue weighted by atomic mass is 16.6. The molecule has 0 saturated heterocycles. The van der Waals surface area contributed by atoms with Crippen molar-refractivity contribution >= 4 is 16.6 Å². The van der Waals surface area contributed by atoms with Crippen molar-refractivity contribution in [3.63, 3.8) is 0 Å². The van der Waals surface area contributed by atoms with Gasteiger partial charge in [-0.3, -0.25) is 10.1 Å². The number of hydrogen-bond donors (Lipinski definition) is 1. The van der Waals surface area contributed by atoms with Crippen molar-refractivity contribution in [1.29, 1.82) is 0 Å². The predicted octanol–water partition coefficient (Wildman–Crippen LogP) is 4.18. The van der Waals surface area contributed by atoms with Crippen LogP contribution in [0.15, 0.2) is 48.7 Å². The van der Waals surface area contributed by atoms with E-state index in [0.717, 1.165) is 16.5 Å². The first kappa shape index (κ1) is 12.2. The molecule has 3 aromatic rings. The Balaban J connectivity index is 1.92. The first-order chi connectivity index (χ1) is 9.63. The predicted molar refractivity (Wildman–Crippen MR) is 76.2 cm³/mol. The second-order valence-corrected chi connectivity index (χ2v) is 4.54. The van der Waals surface area contributed by atoms with Gasteiger partial charge in [-0.1, -0.05) is 0 Å². The number of rotatable bonds is 3. The van der Waals surface area contributed by atoms with Crippen molar-refractivity contribution in [2.45, 2.75) is 6.92 Å². The molecule has 0 aliphatic rings. The Labute approximate surface area is 115 Å². The minimum absolute atomic E-state index is 0.0645. The maximum absolute atomic E-state index is 10.7. The summed E-state index contributed by atoms with van der Waals surface area (Å²) < 4.78 is 5.78. The molecule has 0 aliphatic heterocycles. The van der Waals surface area contributed by atoms with Gasteiger partial charge >= 0.3 is 0 Å². The Kier molecular flexibility index (Phi) is 2.87. The highest BCUT2D eigenvalue weighted by Gasteiger charge is 2.09. The summed E-state index contributed by atoms with van der Waals surface area (Å²) in [6.07, 6.45) is 1.87. The van der Waals surface area contributed by atoms with Crippen LogP contribution in [0.25, 0.3) is 10.9 Å². The summed E-state index contributed by atoms with van der Waals surface area (Å²) in [5.74, 6) is 1.30. The van der Waals surface area contributed by atoms with Crippen molar-refractivity contribution in [2.75, 3.05) is 0 Å². The quantitative estimate of drug-likeness (QED) is 0.572. The largest absolute Gasteiger partial charge is 0.457 e. The maximum Gasteiger partial charge on any atom is 0.269 e. The molecular formula is C15H12N2O3. The topological polar surface area (TPSA) is 68.2 Å². The van der Waals surface area contributed by atoms with Crippen LogP contribution >= 0.6 is 0 Å². The average molecular weight is 268 g/mol. The smallest absolute Gasteiger partial charge is 0.269 e. The van der Waals surface area contributed by atoms with Crippen LogP contribution in [0.5, 0.6) is 11.5 Å². The number of ether oxygens (including phenoxy) is 1. The molecule has 0 bridgehead atoms. The Morgan fingerprint density at radius 1 is 1.15 bits per heavy atom. The number of H-pyrrole nitrogens is 1. The number of aromatic nitrogens is 1. The van der Waals surface area contributed by atoms with E-state index in [9.17, 15) is 10.1 Å². The Hall–Kier alpha value is -2.82. The molecule has 5 nitrogen and oxygen atoms in total. The number of nitrogens with zero attached hydrogens (tertiary/aromatic N) is 1. The number of non-ortho nitro benzene ring substituents is 1. The van der Waals surface area contributed by atoms with E-state index in [1.165, 1.54) is 12.1 Å². The van der Waals surface area contributed by atoms with Crippen molar-refractivity contribution in [3.05, 3.63) is 64.3 Å². The zero-order valence-corrected chi connectivity index (χ0v) is 10.8. The van der Waals surface area contributed by atoms with Crippen LogP contribution in [-0.4, -0.2) is 9.91 Å². The standard InChI is InChI=1S/C15H12N2O3/c1-10-8-12(17(18)19)3-5-15(10)20-13-4-2-11-6-7-16-14(11)9-13/h2-9,16H,1H3. The minimum Gasteiger partial charge on any atom is -0.457 e. The van der Waals surface area contributed by atoms with Gasteiger partial charge in [0.25, 0.3) is 5.69 Å². The molecule has 0 fully saturated rings. The number of aryl methyl sites for hydroxylation is 1. The summed E-state index contributed by atoms with van der Waals surface area (Å²) in [7, 11) is 0. The van der Waals surface area contributed by atoms with E-state index < -0.39 is 4.92 Å². The number of fused-ring (bicyclic) bond motifs is 1. The highest BCUT2D eigenvalue weighted by molar-refractivity contribution is 5.80. The molecular weight excluding hydrogens is 256 g/mol. The maximum atomic E-state index is 10.7. The lowest BCUT2D eigenvalue weighted by molar-refractivity contribution is -0.384. The summed E-state index contributed by atoms with van der Waals surface area (Å²) in [6.45, 7) is 1.79. The minimum atomic E-state index is -0.415. The molecule has 0 spiro atoms. The molecule has 0 amide bonds.